The Morgan fingerprint density at radius 1 is 1.32 bits per heavy atom. The van der Waals surface area contributed by atoms with E-state index in [4.69, 9.17) is 16.3 Å². The first-order valence-corrected chi connectivity index (χ1v) is 9.74. The summed E-state index contributed by atoms with van der Waals surface area (Å²) in [4.78, 5) is 25.8. The van der Waals surface area contributed by atoms with Gasteiger partial charge in [0, 0.05) is 19.6 Å². The van der Waals surface area contributed by atoms with Gasteiger partial charge in [0.1, 0.15) is 0 Å². The number of thiophene rings is 1. The summed E-state index contributed by atoms with van der Waals surface area (Å²) in [5.74, 6) is 0.429. The molecule has 132 valence electrons. The quantitative estimate of drug-likeness (QED) is 0.821. The lowest BCUT2D eigenvalue weighted by Crippen LogP contribution is -2.38. The number of morpholine rings is 1. The Bertz CT molecular complexity index is 749. The zero-order valence-electron chi connectivity index (χ0n) is 13.7. The van der Waals surface area contributed by atoms with Crippen molar-refractivity contribution in [3.8, 4) is 0 Å². The molecular weight excluding hydrogens is 360 g/mol. The minimum atomic E-state index is -0.115. The Balaban J connectivity index is 1.60. The van der Waals surface area contributed by atoms with Crippen molar-refractivity contribution in [1.29, 1.82) is 0 Å². The standard InChI is InChI=1S/C17H19ClN4O2S/c18-13-10-19-17(21-5-7-24-8-6-21)20-15(13)16(23)22-4-1-2-14(22)12-3-9-25-11-12/h3,9-11,14H,1-2,4-8H2. The molecule has 2 aliphatic heterocycles. The number of carbonyl (C=O) groups excluding carboxylic acids is 1. The van der Waals surface area contributed by atoms with Crippen LogP contribution in [-0.4, -0.2) is 53.6 Å². The van der Waals surface area contributed by atoms with E-state index in [0.717, 1.165) is 32.5 Å². The lowest BCUT2D eigenvalue weighted by atomic mass is 10.1. The molecule has 8 heteroatoms. The van der Waals surface area contributed by atoms with Gasteiger partial charge in [-0.15, -0.1) is 0 Å². The highest BCUT2D eigenvalue weighted by atomic mass is 35.5. The van der Waals surface area contributed by atoms with Crippen molar-refractivity contribution in [3.05, 3.63) is 39.3 Å². The average Bonchev–Trinajstić information content (AvgIpc) is 3.33. The van der Waals surface area contributed by atoms with E-state index in [0.29, 0.717) is 29.9 Å². The van der Waals surface area contributed by atoms with Crippen LogP contribution in [0.5, 0.6) is 0 Å². The zero-order valence-corrected chi connectivity index (χ0v) is 15.3. The van der Waals surface area contributed by atoms with Gasteiger partial charge in [-0.1, -0.05) is 11.6 Å². The second kappa shape index (κ2) is 7.27. The molecule has 0 bridgehead atoms. The van der Waals surface area contributed by atoms with Gasteiger partial charge in [0.15, 0.2) is 5.69 Å². The molecule has 0 spiro atoms. The molecule has 2 saturated heterocycles. The molecular formula is C17H19ClN4O2S. The average molecular weight is 379 g/mol. The lowest BCUT2D eigenvalue weighted by molar-refractivity contribution is 0.0730. The molecule has 2 aliphatic rings. The summed E-state index contributed by atoms with van der Waals surface area (Å²) in [5.41, 5.74) is 1.48. The summed E-state index contributed by atoms with van der Waals surface area (Å²) >= 11 is 7.92. The molecule has 2 fully saturated rings. The molecule has 1 atom stereocenters. The fraction of sp³-hybridized carbons (Fsp3) is 0.471. The molecule has 0 aromatic carbocycles. The van der Waals surface area contributed by atoms with Gasteiger partial charge < -0.3 is 14.5 Å². The molecule has 0 radical (unpaired) electrons. The fourth-order valence-corrected chi connectivity index (χ4v) is 4.26. The first kappa shape index (κ1) is 16.8. The van der Waals surface area contributed by atoms with Crippen molar-refractivity contribution in [1.82, 2.24) is 14.9 Å². The van der Waals surface area contributed by atoms with Crippen LogP contribution < -0.4 is 4.90 Å². The van der Waals surface area contributed by atoms with E-state index in [-0.39, 0.29) is 11.9 Å². The van der Waals surface area contributed by atoms with Crippen LogP contribution in [0.25, 0.3) is 0 Å². The summed E-state index contributed by atoms with van der Waals surface area (Å²) in [6.45, 7) is 3.45. The number of halogens is 1. The van der Waals surface area contributed by atoms with Gasteiger partial charge in [-0.2, -0.15) is 11.3 Å². The molecule has 2 aromatic heterocycles. The third-order valence-corrected chi connectivity index (χ3v) is 5.65. The van der Waals surface area contributed by atoms with Gasteiger partial charge in [-0.25, -0.2) is 9.97 Å². The highest BCUT2D eigenvalue weighted by molar-refractivity contribution is 7.08. The van der Waals surface area contributed by atoms with Gasteiger partial charge in [-0.05, 0) is 35.2 Å². The smallest absolute Gasteiger partial charge is 0.274 e. The van der Waals surface area contributed by atoms with Gasteiger partial charge in [0.25, 0.3) is 5.91 Å². The molecule has 4 heterocycles. The summed E-state index contributed by atoms with van der Waals surface area (Å²) in [6, 6.07) is 2.19. The fourth-order valence-electron chi connectivity index (χ4n) is 3.38. The maximum absolute atomic E-state index is 13.1. The Morgan fingerprint density at radius 2 is 2.16 bits per heavy atom. The van der Waals surface area contributed by atoms with Crippen molar-refractivity contribution in [2.24, 2.45) is 0 Å². The van der Waals surface area contributed by atoms with Crippen molar-refractivity contribution < 1.29 is 9.53 Å². The topological polar surface area (TPSA) is 58.6 Å². The summed E-state index contributed by atoms with van der Waals surface area (Å²) < 4.78 is 5.36. The minimum absolute atomic E-state index is 0.108. The summed E-state index contributed by atoms with van der Waals surface area (Å²) in [5, 5.41) is 4.46. The molecule has 0 aliphatic carbocycles. The van der Waals surface area contributed by atoms with Crippen LogP contribution in [-0.2, 0) is 4.74 Å². The molecule has 1 unspecified atom stereocenters. The normalized spacial score (nSPS) is 20.9. The minimum Gasteiger partial charge on any atom is -0.378 e. The maximum atomic E-state index is 13.1. The van der Waals surface area contributed by atoms with Crippen molar-refractivity contribution >= 4 is 34.8 Å². The monoisotopic (exact) mass is 378 g/mol. The van der Waals surface area contributed by atoms with Gasteiger partial charge in [0.05, 0.1) is 30.5 Å². The first-order valence-electron chi connectivity index (χ1n) is 8.42. The van der Waals surface area contributed by atoms with Crippen molar-refractivity contribution in [3.63, 3.8) is 0 Å². The Kier molecular flexibility index (Phi) is 4.87. The second-order valence-electron chi connectivity index (χ2n) is 6.18. The number of hydrogen-bond acceptors (Lipinski definition) is 6. The van der Waals surface area contributed by atoms with Crippen LogP contribution in [0, 0.1) is 0 Å². The first-order chi connectivity index (χ1) is 12.2. The second-order valence-corrected chi connectivity index (χ2v) is 7.37. The molecule has 0 N–H and O–H groups in total. The van der Waals surface area contributed by atoms with E-state index in [9.17, 15) is 4.79 Å². The van der Waals surface area contributed by atoms with Crippen LogP contribution in [0.1, 0.15) is 34.9 Å². The lowest BCUT2D eigenvalue weighted by Gasteiger charge is -2.28. The number of rotatable bonds is 3. The SMILES string of the molecule is O=C(c1nc(N2CCOCC2)ncc1Cl)N1CCCC1c1ccsc1. The van der Waals surface area contributed by atoms with Crippen LogP contribution in [0.4, 0.5) is 5.95 Å². The number of ether oxygens (including phenoxy) is 1. The van der Waals surface area contributed by atoms with E-state index in [2.05, 4.69) is 21.4 Å². The Morgan fingerprint density at radius 3 is 2.92 bits per heavy atom. The van der Waals surface area contributed by atoms with Crippen LogP contribution in [0.3, 0.4) is 0 Å². The summed E-state index contributed by atoms with van der Waals surface area (Å²) in [6.07, 6.45) is 3.50. The Labute approximate surface area is 155 Å². The van der Waals surface area contributed by atoms with Crippen molar-refractivity contribution in [2.75, 3.05) is 37.7 Å². The number of carbonyl (C=O) groups is 1. The van der Waals surface area contributed by atoms with Crippen LogP contribution >= 0.6 is 22.9 Å². The van der Waals surface area contributed by atoms with E-state index in [1.165, 1.54) is 11.8 Å². The van der Waals surface area contributed by atoms with Gasteiger partial charge >= 0.3 is 0 Å². The van der Waals surface area contributed by atoms with Gasteiger partial charge in [0.2, 0.25) is 5.95 Å². The summed E-state index contributed by atoms with van der Waals surface area (Å²) in [7, 11) is 0. The highest BCUT2D eigenvalue weighted by Gasteiger charge is 2.33. The third kappa shape index (κ3) is 3.36. The number of anilines is 1. The van der Waals surface area contributed by atoms with Crippen LogP contribution in [0.2, 0.25) is 5.02 Å². The molecule has 1 amide bonds. The number of hydrogen-bond donors (Lipinski definition) is 0. The number of amides is 1. The zero-order chi connectivity index (χ0) is 17.2. The predicted octanol–water partition coefficient (Wildman–Crippen LogP) is 3.01. The predicted molar refractivity (Wildman–Crippen MR) is 97.4 cm³/mol. The van der Waals surface area contributed by atoms with E-state index < -0.39 is 0 Å². The van der Waals surface area contributed by atoms with Crippen molar-refractivity contribution in [2.45, 2.75) is 18.9 Å². The maximum Gasteiger partial charge on any atom is 0.274 e. The van der Waals surface area contributed by atoms with E-state index in [1.54, 1.807) is 11.3 Å². The van der Waals surface area contributed by atoms with Crippen LogP contribution in [0.15, 0.2) is 23.0 Å². The molecule has 2 aromatic rings. The molecule has 0 saturated carbocycles. The van der Waals surface area contributed by atoms with E-state index in [1.807, 2.05) is 15.2 Å². The molecule has 6 nitrogen and oxygen atoms in total. The van der Waals surface area contributed by atoms with Gasteiger partial charge in [-0.3, -0.25) is 4.79 Å². The van der Waals surface area contributed by atoms with E-state index >= 15 is 0 Å². The molecule has 4 rings (SSSR count). The molecule has 25 heavy (non-hydrogen) atoms. The number of nitrogens with zero attached hydrogens (tertiary/aromatic N) is 4. The highest BCUT2D eigenvalue weighted by Crippen LogP contribution is 2.34. The third-order valence-electron chi connectivity index (χ3n) is 4.67. The number of aromatic nitrogens is 2. The number of likely N-dealkylation sites (tertiary alicyclic amines) is 1. The Hall–Kier alpha value is -1.70. The largest absolute Gasteiger partial charge is 0.378 e.